The first-order valence-electron chi connectivity index (χ1n) is 14.8. The van der Waals surface area contributed by atoms with E-state index in [4.69, 9.17) is 9.26 Å². The van der Waals surface area contributed by atoms with Crippen molar-refractivity contribution in [1.29, 1.82) is 0 Å². The molecule has 0 aliphatic rings. The summed E-state index contributed by atoms with van der Waals surface area (Å²) >= 11 is 0. The number of hydrogen-bond acceptors (Lipinski definition) is 7. The molecule has 10 nitrogen and oxygen atoms in total. The number of hydrogen-bond donors (Lipinski definition) is 3. The zero-order valence-corrected chi connectivity index (χ0v) is 26.2. The highest BCUT2D eigenvalue weighted by Crippen LogP contribution is 2.27. The summed E-state index contributed by atoms with van der Waals surface area (Å²) < 4.78 is 25.8. The Hall–Kier alpha value is -5.84. The van der Waals surface area contributed by atoms with Gasteiger partial charge in [-0.1, -0.05) is 53.2 Å². The van der Waals surface area contributed by atoms with Crippen LogP contribution in [0.15, 0.2) is 95.5 Å². The second-order valence-corrected chi connectivity index (χ2v) is 12.0. The van der Waals surface area contributed by atoms with Crippen molar-refractivity contribution < 1.29 is 33.1 Å². The molecule has 47 heavy (non-hydrogen) atoms. The molecule has 0 bridgehead atoms. The average Bonchev–Trinajstić information content (AvgIpc) is 3.50. The van der Waals surface area contributed by atoms with E-state index in [1.165, 1.54) is 12.1 Å². The van der Waals surface area contributed by atoms with Crippen LogP contribution in [0.4, 0.5) is 14.9 Å². The van der Waals surface area contributed by atoms with Crippen LogP contribution in [-0.4, -0.2) is 44.9 Å². The Labute approximate surface area is 270 Å². The molecule has 240 valence electrons. The van der Waals surface area contributed by atoms with Crippen molar-refractivity contribution in [3.05, 3.63) is 114 Å². The molecule has 0 saturated carbocycles. The number of anilines is 1. The van der Waals surface area contributed by atoms with Gasteiger partial charge in [0.05, 0.1) is 5.56 Å². The van der Waals surface area contributed by atoms with Gasteiger partial charge in [-0.05, 0) is 92.9 Å². The number of rotatable bonds is 9. The van der Waals surface area contributed by atoms with Crippen molar-refractivity contribution in [2.24, 2.45) is 0 Å². The van der Waals surface area contributed by atoms with Gasteiger partial charge in [0.25, 0.3) is 11.8 Å². The standard InChI is InChI=1S/C36H33FN4O6/c1-21-8-11-23(12-9-21)25-6-5-7-26(20-25)32(42)39-30(34(43)44)19-22-10-17-28(29(37)18-22)31-40-33(47-41-31)24-13-15-27(16-14-24)38-35(45)46-36(2,3)4/h5-18,20,30H,19H2,1-4H3,(H,38,45)(H,39,42)(H,43,44). The first-order chi connectivity index (χ1) is 22.3. The lowest BCUT2D eigenvalue weighted by molar-refractivity contribution is -0.139. The molecule has 0 fully saturated rings. The molecule has 1 atom stereocenters. The van der Waals surface area contributed by atoms with Crippen molar-refractivity contribution in [1.82, 2.24) is 15.5 Å². The number of nitrogens with one attached hydrogen (secondary N) is 2. The van der Waals surface area contributed by atoms with E-state index in [2.05, 4.69) is 20.8 Å². The smallest absolute Gasteiger partial charge is 0.412 e. The lowest BCUT2D eigenvalue weighted by Gasteiger charge is -2.19. The molecule has 3 N–H and O–H groups in total. The van der Waals surface area contributed by atoms with Crippen LogP contribution in [0.2, 0.25) is 0 Å². The Kier molecular flexibility index (Phi) is 9.46. The molecular formula is C36H33FN4O6. The van der Waals surface area contributed by atoms with Crippen LogP contribution in [0, 0.1) is 12.7 Å². The van der Waals surface area contributed by atoms with Crippen molar-refractivity contribution in [3.8, 4) is 34.0 Å². The van der Waals surface area contributed by atoms with Crippen LogP contribution in [0.25, 0.3) is 34.0 Å². The molecule has 2 amide bonds. The van der Waals surface area contributed by atoms with E-state index >= 15 is 4.39 Å². The molecule has 0 aliphatic heterocycles. The highest BCUT2D eigenvalue weighted by molar-refractivity contribution is 5.97. The number of aromatic nitrogens is 2. The second kappa shape index (κ2) is 13.7. The quantitative estimate of drug-likeness (QED) is 0.153. The number of ether oxygens (including phenoxy) is 1. The summed E-state index contributed by atoms with van der Waals surface area (Å²) in [7, 11) is 0. The lowest BCUT2D eigenvalue weighted by Crippen LogP contribution is -2.42. The number of aryl methyl sites for hydroxylation is 1. The number of carbonyl (C=O) groups excluding carboxylic acids is 2. The van der Waals surface area contributed by atoms with Gasteiger partial charge in [0.1, 0.15) is 17.5 Å². The van der Waals surface area contributed by atoms with Gasteiger partial charge >= 0.3 is 12.1 Å². The molecule has 0 spiro atoms. The summed E-state index contributed by atoms with van der Waals surface area (Å²) in [5, 5.41) is 18.9. The van der Waals surface area contributed by atoms with Crippen molar-refractivity contribution in [2.75, 3.05) is 5.32 Å². The third kappa shape index (κ3) is 8.46. The summed E-state index contributed by atoms with van der Waals surface area (Å²) in [6, 6.07) is 24.2. The molecule has 1 aromatic heterocycles. The van der Waals surface area contributed by atoms with E-state index < -0.39 is 35.4 Å². The zero-order valence-electron chi connectivity index (χ0n) is 26.2. The van der Waals surface area contributed by atoms with Gasteiger partial charge < -0.3 is 19.7 Å². The maximum Gasteiger partial charge on any atom is 0.412 e. The van der Waals surface area contributed by atoms with E-state index in [1.807, 2.05) is 37.3 Å². The minimum atomic E-state index is -1.31. The summed E-state index contributed by atoms with van der Waals surface area (Å²) in [4.78, 5) is 41.4. The van der Waals surface area contributed by atoms with E-state index in [0.717, 1.165) is 16.7 Å². The first kappa shape index (κ1) is 32.6. The van der Waals surface area contributed by atoms with Crippen LogP contribution >= 0.6 is 0 Å². The number of aliphatic carboxylic acids is 1. The summed E-state index contributed by atoms with van der Waals surface area (Å²) in [5.41, 5.74) is 3.96. The van der Waals surface area contributed by atoms with Gasteiger partial charge in [-0.15, -0.1) is 0 Å². The summed E-state index contributed by atoms with van der Waals surface area (Å²) in [6.45, 7) is 7.28. The number of carboxylic acids is 1. The predicted octanol–water partition coefficient (Wildman–Crippen LogP) is 7.29. The van der Waals surface area contributed by atoms with Gasteiger partial charge in [0.15, 0.2) is 0 Å². The van der Waals surface area contributed by atoms with E-state index in [0.29, 0.717) is 22.4 Å². The Morgan fingerprint density at radius 2 is 1.62 bits per heavy atom. The van der Waals surface area contributed by atoms with Crippen LogP contribution in [0.1, 0.15) is 42.3 Å². The normalized spacial score (nSPS) is 11.9. The Balaban J connectivity index is 1.24. The van der Waals surface area contributed by atoms with Crippen LogP contribution in [-0.2, 0) is 16.0 Å². The number of carboxylic acid groups (broad SMARTS) is 1. The minimum Gasteiger partial charge on any atom is -0.480 e. The van der Waals surface area contributed by atoms with Crippen molar-refractivity contribution in [2.45, 2.75) is 45.8 Å². The van der Waals surface area contributed by atoms with Gasteiger partial charge in [0.2, 0.25) is 5.82 Å². The third-order valence-corrected chi connectivity index (χ3v) is 7.03. The molecule has 1 heterocycles. The molecule has 0 saturated heterocycles. The predicted molar refractivity (Wildman–Crippen MR) is 174 cm³/mol. The molecule has 5 aromatic rings. The largest absolute Gasteiger partial charge is 0.480 e. The number of halogens is 1. The van der Waals surface area contributed by atoms with Gasteiger partial charge in [0, 0.05) is 23.2 Å². The van der Waals surface area contributed by atoms with Crippen molar-refractivity contribution >= 4 is 23.7 Å². The molecule has 5 rings (SSSR count). The lowest BCUT2D eigenvalue weighted by atomic mass is 10.0. The van der Waals surface area contributed by atoms with Gasteiger partial charge in [-0.25, -0.2) is 14.0 Å². The van der Waals surface area contributed by atoms with Crippen LogP contribution in [0.5, 0.6) is 0 Å². The van der Waals surface area contributed by atoms with E-state index in [9.17, 15) is 19.5 Å². The fraction of sp³-hybridized carbons (Fsp3) is 0.194. The molecule has 1 unspecified atom stereocenters. The van der Waals surface area contributed by atoms with E-state index in [1.54, 1.807) is 69.3 Å². The van der Waals surface area contributed by atoms with Crippen LogP contribution in [0.3, 0.4) is 0 Å². The molecule has 11 heteroatoms. The SMILES string of the molecule is Cc1ccc(-c2cccc(C(=O)NC(Cc3ccc(-c4noc(-c5ccc(NC(=O)OC(C)(C)C)cc5)n4)c(F)c3)C(=O)O)c2)cc1. The van der Waals surface area contributed by atoms with Gasteiger partial charge in [-0.3, -0.25) is 10.1 Å². The maximum absolute atomic E-state index is 15.2. The monoisotopic (exact) mass is 636 g/mol. The number of nitrogens with zero attached hydrogens (tertiary/aromatic N) is 2. The topological polar surface area (TPSA) is 144 Å². The zero-order chi connectivity index (χ0) is 33.7. The average molecular weight is 637 g/mol. The number of amides is 2. The molecule has 0 radical (unpaired) electrons. The summed E-state index contributed by atoms with van der Waals surface area (Å²) in [5.74, 6) is -2.37. The molecular weight excluding hydrogens is 603 g/mol. The minimum absolute atomic E-state index is 0.00319. The van der Waals surface area contributed by atoms with E-state index in [-0.39, 0.29) is 23.7 Å². The fourth-order valence-electron chi connectivity index (χ4n) is 4.70. The first-order valence-corrected chi connectivity index (χ1v) is 14.8. The van der Waals surface area contributed by atoms with Crippen LogP contribution < -0.4 is 10.6 Å². The third-order valence-electron chi connectivity index (χ3n) is 7.03. The van der Waals surface area contributed by atoms with Gasteiger partial charge in [-0.2, -0.15) is 4.98 Å². The molecule has 0 aliphatic carbocycles. The maximum atomic E-state index is 15.2. The second-order valence-electron chi connectivity index (χ2n) is 12.0. The Morgan fingerprint density at radius 3 is 2.28 bits per heavy atom. The number of carbonyl (C=O) groups is 3. The molecule has 4 aromatic carbocycles. The Morgan fingerprint density at radius 1 is 0.915 bits per heavy atom. The Bertz CT molecular complexity index is 1910. The van der Waals surface area contributed by atoms with Crippen molar-refractivity contribution in [3.63, 3.8) is 0 Å². The highest BCUT2D eigenvalue weighted by atomic mass is 19.1. The number of benzene rings is 4. The fourth-order valence-corrected chi connectivity index (χ4v) is 4.70. The summed E-state index contributed by atoms with van der Waals surface area (Å²) in [6.07, 6.45) is -0.748. The highest BCUT2D eigenvalue weighted by Gasteiger charge is 2.23.